The van der Waals surface area contributed by atoms with Crippen molar-refractivity contribution in [1.82, 2.24) is 9.88 Å². The highest BCUT2D eigenvalue weighted by Gasteiger charge is 2.21. The number of aromatic nitrogens is 1. The van der Waals surface area contributed by atoms with Crippen molar-refractivity contribution in [3.05, 3.63) is 29.5 Å². The second-order valence-electron chi connectivity index (χ2n) is 4.30. The lowest BCUT2D eigenvalue weighted by Crippen LogP contribution is -2.21. The molecule has 17 heavy (non-hydrogen) atoms. The number of aliphatic hydroxyl groups excluding tert-OH is 1. The van der Waals surface area contributed by atoms with Crippen molar-refractivity contribution < 1.29 is 9.52 Å². The van der Waals surface area contributed by atoms with Crippen LogP contribution >= 0.6 is 11.3 Å². The topological polar surface area (TPSA) is 49.5 Å². The van der Waals surface area contributed by atoms with E-state index in [1.165, 1.54) is 0 Å². The van der Waals surface area contributed by atoms with Gasteiger partial charge in [0.1, 0.15) is 6.26 Å². The minimum atomic E-state index is -0.182. The summed E-state index contributed by atoms with van der Waals surface area (Å²) in [5.41, 5.74) is 0.933. The molecule has 90 valence electrons. The molecule has 3 rings (SSSR count). The highest BCUT2D eigenvalue weighted by molar-refractivity contribution is 7.13. The molecular weight excluding hydrogens is 236 g/mol. The maximum absolute atomic E-state index is 9.45. The summed E-state index contributed by atoms with van der Waals surface area (Å²) < 4.78 is 5.46. The number of likely N-dealkylation sites (tertiary alicyclic amines) is 1. The minimum absolute atomic E-state index is 0.182. The predicted octanol–water partition coefficient (Wildman–Crippen LogP) is 1.97. The highest BCUT2D eigenvalue weighted by Crippen LogP contribution is 2.24. The zero-order chi connectivity index (χ0) is 11.7. The van der Waals surface area contributed by atoms with E-state index in [0.717, 1.165) is 36.6 Å². The normalized spacial score (nSPS) is 21.1. The molecule has 0 saturated carbocycles. The van der Waals surface area contributed by atoms with Gasteiger partial charge in [-0.1, -0.05) is 6.07 Å². The average Bonchev–Trinajstić information content (AvgIpc) is 3.00. The maximum Gasteiger partial charge on any atom is 0.236 e. The van der Waals surface area contributed by atoms with Crippen molar-refractivity contribution in [1.29, 1.82) is 0 Å². The SMILES string of the molecule is OC1CCN(Cc2coc(-c3cccs3)n2)C1. The first-order valence-corrected chi connectivity index (χ1v) is 6.58. The van der Waals surface area contributed by atoms with E-state index in [-0.39, 0.29) is 6.10 Å². The first-order chi connectivity index (χ1) is 8.31. The lowest BCUT2D eigenvalue weighted by Gasteiger charge is -2.11. The molecule has 1 saturated heterocycles. The van der Waals surface area contributed by atoms with Crippen LogP contribution in [0.3, 0.4) is 0 Å². The molecular formula is C12H14N2O2S. The van der Waals surface area contributed by atoms with E-state index in [0.29, 0.717) is 5.89 Å². The van der Waals surface area contributed by atoms with Crippen molar-refractivity contribution in [2.75, 3.05) is 13.1 Å². The van der Waals surface area contributed by atoms with Crippen molar-refractivity contribution in [2.24, 2.45) is 0 Å². The first kappa shape index (κ1) is 11.0. The second-order valence-corrected chi connectivity index (χ2v) is 5.25. The van der Waals surface area contributed by atoms with Crippen molar-refractivity contribution in [3.8, 4) is 10.8 Å². The Balaban J connectivity index is 1.69. The van der Waals surface area contributed by atoms with Crippen molar-refractivity contribution in [3.63, 3.8) is 0 Å². The predicted molar refractivity (Wildman–Crippen MR) is 65.7 cm³/mol. The van der Waals surface area contributed by atoms with Crippen molar-refractivity contribution in [2.45, 2.75) is 19.1 Å². The molecule has 1 aliphatic heterocycles. The summed E-state index contributed by atoms with van der Waals surface area (Å²) in [6.45, 7) is 2.43. The van der Waals surface area contributed by atoms with E-state index >= 15 is 0 Å². The summed E-state index contributed by atoms with van der Waals surface area (Å²) in [7, 11) is 0. The van der Waals surface area contributed by atoms with Gasteiger partial charge in [-0.3, -0.25) is 4.90 Å². The molecule has 1 N–H and O–H groups in total. The molecule has 1 unspecified atom stereocenters. The van der Waals surface area contributed by atoms with E-state index < -0.39 is 0 Å². The lowest BCUT2D eigenvalue weighted by molar-refractivity contribution is 0.174. The van der Waals surface area contributed by atoms with Crippen LogP contribution < -0.4 is 0 Å². The molecule has 1 fully saturated rings. The molecule has 0 amide bonds. The molecule has 0 aliphatic carbocycles. The van der Waals surface area contributed by atoms with Gasteiger partial charge in [-0.05, 0) is 17.9 Å². The number of hydrogen-bond acceptors (Lipinski definition) is 5. The molecule has 1 atom stereocenters. The summed E-state index contributed by atoms with van der Waals surface area (Å²) in [5, 5.41) is 11.5. The van der Waals surface area contributed by atoms with Crippen LogP contribution in [0.2, 0.25) is 0 Å². The quantitative estimate of drug-likeness (QED) is 0.904. The smallest absolute Gasteiger partial charge is 0.236 e. The molecule has 0 spiro atoms. The zero-order valence-electron chi connectivity index (χ0n) is 9.37. The summed E-state index contributed by atoms with van der Waals surface area (Å²) in [5.74, 6) is 0.690. The fourth-order valence-electron chi connectivity index (χ4n) is 2.08. The van der Waals surface area contributed by atoms with Crippen LogP contribution in [0.15, 0.2) is 28.2 Å². The number of thiophene rings is 1. The largest absolute Gasteiger partial charge is 0.444 e. The molecule has 0 aromatic carbocycles. The second kappa shape index (κ2) is 4.60. The Morgan fingerprint density at radius 3 is 3.24 bits per heavy atom. The van der Waals surface area contributed by atoms with Gasteiger partial charge in [-0.25, -0.2) is 4.98 Å². The number of hydrogen-bond donors (Lipinski definition) is 1. The molecule has 3 heterocycles. The third kappa shape index (κ3) is 2.41. The molecule has 1 aliphatic rings. The molecule has 0 radical (unpaired) electrons. The van der Waals surface area contributed by atoms with Gasteiger partial charge < -0.3 is 9.52 Å². The number of β-amino-alcohol motifs (C(OH)–C–C–N with tert-alkyl or cyclic N) is 1. The summed E-state index contributed by atoms with van der Waals surface area (Å²) in [6, 6.07) is 3.99. The Kier molecular flexibility index (Phi) is 2.96. The van der Waals surface area contributed by atoms with E-state index in [2.05, 4.69) is 9.88 Å². The van der Waals surface area contributed by atoms with Crippen molar-refractivity contribution >= 4 is 11.3 Å². The van der Waals surface area contributed by atoms with E-state index in [4.69, 9.17) is 4.42 Å². The van der Waals surface area contributed by atoms with Gasteiger partial charge >= 0.3 is 0 Å². The summed E-state index contributed by atoms with van der Waals surface area (Å²) in [4.78, 5) is 7.71. The summed E-state index contributed by atoms with van der Waals surface area (Å²) >= 11 is 1.62. The van der Waals surface area contributed by atoms with Crippen LogP contribution in [0, 0.1) is 0 Å². The Hall–Kier alpha value is -1.17. The molecule has 2 aromatic rings. The van der Waals surface area contributed by atoms with E-state index in [1.807, 2.05) is 17.5 Å². The first-order valence-electron chi connectivity index (χ1n) is 5.70. The Labute approximate surface area is 104 Å². The van der Waals surface area contributed by atoms with Gasteiger partial charge in [0, 0.05) is 19.6 Å². The third-order valence-corrected chi connectivity index (χ3v) is 3.77. The third-order valence-electron chi connectivity index (χ3n) is 2.92. The molecule has 4 nitrogen and oxygen atoms in total. The molecule has 5 heteroatoms. The van der Waals surface area contributed by atoms with Crippen LogP contribution in [0.4, 0.5) is 0 Å². The van der Waals surface area contributed by atoms with Gasteiger partial charge in [-0.15, -0.1) is 11.3 Å². The average molecular weight is 250 g/mol. The van der Waals surface area contributed by atoms with Crippen LogP contribution in [0.25, 0.3) is 10.8 Å². The van der Waals surface area contributed by atoms with Gasteiger partial charge in [0.2, 0.25) is 5.89 Å². The molecule has 0 bridgehead atoms. The zero-order valence-corrected chi connectivity index (χ0v) is 10.2. The molecule has 2 aromatic heterocycles. The fraction of sp³-hybridized carbons (Fsp3) is 0.417. The summed E-state index contributed by atoms with van der Waals surface area (Å²) in [6.07, 6.45) is 2.38. The van der Waals surface area contributed by atoms with Gasteiger partial charge in [0.05, 0.1) is 16.7 Å². The van der Waals surface area contributed by atoms with Crippen LogP contribution in [-0.2, 0) is 6.54 Å². The van der Waals surface area contributed by atoms with Crippen LogP contribution in [0.1, 0.15) is 12.1 Å². The van der Waals surface area contributed by atoms with E-state index in [1.54, 1.807) is 17.6 Å². The number of rotatable bonds is 3. The fourth-order valence-corrected chi connectivity index (χ4v) is 2.73. The van der Waals surface area contributed by atoms with Gasteiger partial charge in [0.25, 0.3) is 0 Å². The monoisotopic (exact) mass is 250 g/mol. The van der Waals surface area contributed by atoms with Crippen LogP contribution in [0.5, 0.6) is 0 Å². The Morgan fingerprint density at radius 1 is 1.59 bits per heavy atom. The maximum atomic E-state index is 9.45. The number of aliphatic hydroxyl groups is 1. The van der Waals surface area contributed by atoms with Crippen LogP contribution in [-0.4, -0.2) is 34.2 Å². The Morgan fingerprint density at radius 2 is 2.53 bits per heavy atom. The number of oxazole rings is 1. The number of nitrogens with zero attached hydrogens (tertiary/aromatic N) is 2. The van der Waals surface area contributed by atoms with Gasteiger partial charge in [-0.2, -0.15) is 0 Å². The lowest BCUT2D eigenvalue weighted by atomic mass is 10.3. The Bertz CT molecular complexity index is 480. The highest BCUT2D eigenvalue weighted by atomic mass is 32.1. The minimum Gasteiger partial charge on any atom is -0.444 e. The van der Waals surface area contributed by atoms with Gasteiger partial charge in [0.15, 0.2) is 0 Å². The standard InChI is InChI=1S/C12H14N2O2S/c15-10-3-4-14(7-10)6-9-8-16-12(13-9)11-2-1-5-17-11/h1-2,5,8,10,15H,3-4,6-7H2. The van der Waals surface area contributed by atoms with E-state index in [9.17, 15) is 5.11 Å².